The molecule has 0 aliphatic heterocycles. The number of nitrogens with one attached hydrogen (secondary N) is 2. The number of aliphatic imine (C=N–C) groups is 1. The zero-order chi connectivity index (χ0) is 19.9. The van der Waals surface area contributed by atoms with E-state index < -0.39 is 0 Å². The van der Waals surface area contributed by atoms with Crippen LogP contribution in [-0.4, -0.2) is 31.3 Å². The second-order valence-corrected chi connectivity index (χ2v) is 6.56. The average Bonchev–Trinajstić information content (AvgIpc) is 3.13. The maximum atomic E-state index is 10.1. The molecule has 6 nitrogen and oxygen atoms in total. The van der Waals surface area contributed by atoms with Gasteiger partial charge >= 0.3 is 0 Å². The number of para-hydroxylation sites is 1. The van der Waals surface area contributed by atoms with Gasteiger partial charge in [0.25, 0.3) is 0 Å². The zero-order valence-electron chi connectivity index (χ0n) is 16.9. The molecule has 156 valence electrons. The molecule has 0 bridgehead atoms. The first-order chi connectivity index (χ1) is 13.6. The van der Waals surface area contributed by atoms with Gasteiger partial charge in [-0.1, -0.05) is 24.3 Å². The van der Waals surface area contributed by atoms with Crippen molar-refractivity contribution in [1.82, 2.24) is 10.6 Å². The summed E-state index contributed by atoms with van der Waals surface area (Å²) in [6.45, 7) is 5.37. The van der Waals surface area contributed by atoms with Gasteiger partial charge in [0.05, 0.1) is 13.2 Å². The molecule has 0 saturated carbocycles. The lowest BCUT2D eigenvalue weighted by molar-refractivity contribution is 0.406. The summed E-state index contributed by atoms with van der Waals surface area (Å²) in [5, 5.41) is 17.8. The highest BCUT2D eigenvalue weighted by Gasteiger charge is 2.13. The molecule has 0 fully saturated rings. The lowest BCUT2D eigenvalue weighted by atomic mass is 10.1. The number of nitrogens with zero attached hydrogens (tertiary/aromatic N) is 1. The van der Waals surface area contributed by atoms with Crippen molar-refractivity contribution in [3.63, 3.8) is 0 Å². The number of fused-ring (bicyclic) bond motifs is 1. The van der Waals surface area contributed by atoms with E-state index in [0.717, 1.165) is 28.8 Å². The Bertz CT molecular complexity index is 922. The third kappa shape index (κ3) is 6.03. The van der Waals surface area contributed by atoms with Crippen LogP contribution < -0.4 is 15.4 Å². The first-order valence-electron chi connectivity index (χ1n) is 9.50. The average molecular weight is 509 g/mol. The molecule has 3 rings (SSSR count). The summed E-state index contributed by atoms with van der Waals surface area (Å²) in [6.07, 6.45) is 0.630. The second-order valence-electron chi connectivity index (χ2n) is 6.56. The van der Waals surface area contributed by atoms with Gasteiger partial charge in [-0.15, -0.1) is 24.0 Å². The van der Waals surface area contributed by atoms with Gasteiger partial charge in [-0.05, 0) is 44.0 Å². The van der Waals surface area contributed by atoms with Crippen molar-refractivity contribution in [3.8, 4) is 11.5 Å². The summed E-state index contributed by atoms with van der Waals surface area (Å²) in [4.78, 5) is 4.62. The van der Waals surface area contributed by atoms with E-state index in [9.17, 15) is 5.11 Å². The highest BCUT2D eigenvalue weighted by molar-refractivity contribution is 14.0. The molecule has 3 aromatic rings. The Balaban J connectivity index is 0.00000300. The number of aromatic hydroxyl groups is 1. The maximum Gasteiger partial charge on any atom is 0.191 e. The van der Waals surface area contributed by atoms with Gasteiger partial charge in [-0.3, -0.25) is 4.99 Å². The van der Waals surface area contributed by atoms with E-state index >= 15 is 0 Å². The molecular weight excluding hydrogens is 481 g/mol. The van der Waals surface area contributed by atoms with Gasteiger partial charge < -0.3 is 24.9 Å². The van der Waals surface area contributed by atoms with Crippen LogP contribution in [0, 0.1) is 0 Å². The van der Waals surface area contributed by atoms with Crippen molar-refractivity contribution in [3.05, 3.63) is 59.9 Å². The highest BCUT2D eigenvalue weighted by Crippen LogP contribution is 2.24. The summed E-state index contributed by atoms with van der Waals surface area (Å²) >= 11 is 0. The van der Waals surface area contributed by atoms with E-state index in [2.05, 4.69) is 15.6 Å². The van der Waals surface area contributed by atoms with Crippen molar-refractivity contribution < 1.29 is 14.3 Å². The van der Waals surface area contributed by atoms with Crippen LogP contribution in [-0.2, 0) is 6.42 Å². The van der Waals surface area contributed by atoms with Crippen LogP contribution in [0.1, 0.15) is 31.2 Å². The number of phenolic OH excluding ortho intramolecular Hbond substituents is 1. The molecule has 2 aromatic carbocycles. The van der Waals surface area contributed by atoms with E-state index in [-0.39, 0.29) is 35.8 Å². The van der Waals surface area contributed by atoms with Crippen LogP contribution in [0.4, 0.5) is 0 Å². The highest BCUT2D eigenvalue weighted by atomic mass is 127. The zero-order valence-corrected chi connectivity index (χ0v) is 19.3. The fourth-order valence-corrected chi connectivity index (χ4v) is 2.98. The van der Waals surface area contributed by atoms with Gasteiger partial charge in [-0.2, -0.15) is 0 Å². The summed E-state index contributed by atoms with van der Waals surface area (Å²) in [7, 11) is 1.58. The van der Waals surface area contributed by atoms with Crippen LogP contribution >= 0.6 is 24.0 Å². The Morgan fingerprint density at radius 2 is 2.00 bits per heavy atom. The molecule has 0 spiro atoms. The molecular formula is C22H28IN3O3. The van der Waals surface area contributed by atoms with Crippen LogP contribution in [0.2, 0.25) is 0 Å². The molecule has 3 N–H and O–H groups in total. The summed E-state index contributed by atoms with van der Waals surface area (Å²) in [6, 6.07) is 15.3. The number of ether oxygens (including phenoxy) is 1. The monoisotopic (exact) mass is 509 g/mol. The van der Waals surface area contributed by atoms with Crippen molar-refractivity contribution >= 4 is 40.9 Å². The van der Waals surface area contributed by atoms with Crippen molar-refractivity contribution in [2.45, 2.75) is 26.3 Å². The van der Waals surface area contributed by atoms with Crippen LogP contribution in [0.25, 0.3) is 11.0 Å². The Morgan fingerprint density at radius 1 is 1.21 bits per heavy atom. The quantitative estimate of drug-likeness (QED) is 0.246. The third-order valence-electron chi connectivity index (χ3n) is 4.51. The lowest BCUT2D eigenvalue weighted by Gasteiger charge is -2.16. The molecule has 1 unspecified atom stereocenters. The predicted octanol–water partition coefficient (Wildman–Crippen LogP) is 4.62. The maximum absolute atomic E-state index is 10.1. The topological polar surface area (TPSA) is 79.0 Å². The van der Waals surface area contributed by atoms with Gasteiger partial charge in [0.2, 0.25) is 0 Å². The van der Waals surface area contributed by atoms with Gasteiger partial charge in [-0.25, -0.2) is 0 Å². The van der Waals surface area contributed by atoms with E-state index in [1.807, 2.05) is 56.3 Å². The molecule has 7 heteroatoms. The molecule has 0 saturated heterocycles. The van der Waals surface area contributed by atoms with Gasteiger partial charge in [0.1, 0.15) is 22.8 Å². The number of guanidine groups is 1. The molecule has 1 atom stereocenters. The van der Waals surface area contributed by atoms with Crippen molar-refractivity contribution in [2.75, 3.05) is 20.2 Å². The minimum atomic E-state index is -0.0282. The number of hydrogen-bond acceptors (Lipinski definition) is 4. The molecule has 0 aliphatic rings. The van der Waals surface area contributed by atoms with E-state index in [0.29, 0.717) is 24.7 Å². The fourth-order valence-electron chi connectivity index (χ4n) is 2.98. The standard InChI is InChI=1S/C22H27N3O3.HI/c1-4-23-22(24-12-11-16-9-10-18(27-3)14-19(16)26)25-15(2)21-13-17-7-5-6-8-20(17)28-21;/h5-10,13-15,26H,4,11-12H2,1-3H3,(H2,23,24,25);1H. The van der Waals surface area contributed by atoms with Crippen LogP contribution in [0.5, 0.6) is 11.5 Å². The van der Waals surface area contributed by atoms with Gasteiger partial charge in [0, 0.05) is 24.5 Å². The Morgan fingerprint density at radius 3 is 2.69 bits per heavy atom. The smallest absolute Gasteiger partial charge is 0.191 e. The van der Waals surface area contributed by atoms with Crippen LogP contribution in [0.3, 0.4) is 0 Å². The van der Waals surface area contributed by atoms with E-state index in [1.54, 1.807) is 13.2 Å². The first-order valence-corrected chi connectivity index (χ1v) is 9.50. The number of benzene rings is 2. The Hall–Kier alpha value is -2.42. The normalized spacial score (nSPS) is 12.3. The number of methoxy groups -OCH3 is 1. The van der Waals surface area contributed by atoms with Crippen molar-refractivity contribution in [2.24, 2.45) is 4.99 Å². The number of rotatable bonds is 7. The summed E-state index contributed by atoms with van der Waals surface area (Å²) in [5.74, 6) is 2.44. The third-order valence-corrected chi connectivity index (χ3v) is 4.51. The molecule has 0 aliphatic carbocycles. The number of furan rings is 1. The molecule has 1 heterocycles. The Kier molecular flexibility index (Phi) is 8.63. The van der Waals surface area contributed by atoms with Gasteiger partial charge in [0.15, 0.2) is 5.96 Å². The van der Waals surface area contributed by atoms with Crippen LogP contribution in [0.15, 0.2) is 57.9 Å². The molecule has 29 heavy (non-hydrogen) atoms. The molecule has 0 amide bonds. The van der Waals surface area contributed by atoms with E-state index in [1.165, 1.54) is 0 Å². The minimum absolute atomic E-state index is 0. The minimum Gasteiger partial charge on any atom is -0.508 e. The first kappa shape index (κ1) is 22.9. The largest absolute Gasteiger partial charge is 0.508 e. The Labute approximate surface area is 188 Å². The second kappa shape index (κ2) is 10.9. The molecule has 1 aromatic heterocycles. The summed E-state index contributed by atoms with van der Waals surface area (Å²) < 4.78 is 11.0. The van der Waals surface area contributed by atoms with Crippen molar-refractivity contribution in [1.29, 1.82) is 0 Å². The summed E-state index contributed by atoms with van der Waals surface area (Å²) in [5.41, 5.74) is 1.72. The lowest BCUT2D eigenvalue weighted by Crippen LogP contribution is -2.38. The van der Waals surface area contributed by atoms with E-state index in [4.69, 9.17) is 9.15 Å². The number of phenols is 1. The number of hydrogen-bond donors (Lipinski definition) is 3. The fraction of sp³-hybridized carbons (Fsp3) is 0.318. The molecule has 0 radical (unpaired) electrons. The SMILES string of the molecule is CCNC(=NCCc1ccc(OC)cc1O)NC(C)c1cc2ccccc2o1.I. The number of halogens is 1. The predicted molar refractivity (Wildman–Crippen MR) is 128 cm³/mol.